The van der Waals surface area contributed by atoms with Crippen molar-refractivity contribution in [3.63, 3.8) is 0 Å². The van der Waals surface area contributed by atoms with Crippen LogP contribution in [0.3, 0.4) is 0 Å². The van der Waals surface area contributed by atoms with Gasteiger partial charge in [0, 0.05) is 11.6 Å². The van der Waals surface area contributed by atoms with Crippen molar-refractivity contribution in [1.29, 1.82) is 0 Å². The summed E-state index contributed by atoms with van der Waals surface area (Å²) in [7, 11) is 0. The topological polar surface area (TPSA) is 72.1 Å². The van der Waals surface area contributed by atoms with Crippen LogP contribution in [0.25, 0.3) is 11.4 Å². The fourth-order valence-corrected chi connectivity index (χ4v) is 1.50. The highest BCUT2D eigenvalue weighted by Crippen LogP contribution is 2.12. The fraction of sp³-hybridized carbons (Fsp3) is 0.154. The Morgan fingerprint density at radius 3 is 2.72 bits per heavy atom. The zero-order chi connectivity index (χ0) is 13.0. The van der Waals surface area contributed by atoms with Gasteiger partial charge in [0.05, 0.1) is 6.61 Å². The van der Waals surface area contributed by atoms with Crippen molar-refractivity contribution in [2.45, 2.75) is 6.92 Å². The largest absolute Gasteiger partial charge is 0.461 e. The molecular weight excluding hydrogens is 232 g/mol. The van der Waals surface area contributed by atoms with Gasteiger partial charge in [0.15, 0.2) is 5.69 Å². The lowest BCUT2D eigenvalue weighted by Crippen LogP contribution is -2.15. The standard InChI is InChI=1S/C13H12N2O3/c1-2-18-13(17)10-8-11(16)15-12(14-10)9-6-4-3-5-7-9/h3-8H,2H2,1H3,(H,14,15,16). The summed E-state index contributed by atoms with van der Waals surface area (Å²) < 4.78 is 4.82. The van der Waals surface area contributed by atoms with Crippen LogP contribution in [0.5, 0.6) is 0 Å². The van der Waals surface area contributed by atoms with Gasteiger partial charge in [-0.3, -0.25) is 4.79 Å². The second-order valence-electron chi connectivity index (χ2n) is 3.57. The van der Waals surface area contributed by atoms with Crippen LogP contribution in [0, 0.1) is 0 Å². The number of carbonyl (C=O) groups excluding carboxylic acids is 1. The zero-order valence-electron chi connectivity index (χ0n) is 9.84. The van der Waals surface area contributed by atoms with Crippen molar-refractivity contribution in [2.75, 3.05) is 6.61 Å². The summed E-state index contributed by atoms with van der Waals surface area (Å²) in [6.45, 7) is 1.94. The van der Waals surface area contributed by atoms with Crippen LogP contribution >= 0.6 is 0 Å². The molecule has 1 heterocycles. The van der Waals surface area contributed by atoms with E-state index in [2.05, 4.69) is 9.97 Å². The van der Waals surface area contributed by atoms with Gasteiger partial charge in [-0.1, -0.05) is 30.3 Å². The van der Waals surface area contributed by atoms with E-state index in [1.165, 1.54) is 0 Å². The van der Waals surface area contributed by atoms with Crippen molar-refractivity contribution >= 4 is 5.97 Å². The summed E-state index contributed by atoms with van der Waals surface area (Å²) >= 11 is 0. The molecule has 5 nitrogen and oxygen atoms in total. The highest BCUT2D eigenvalue weighted by Gasteiger charge is 2.11. The molecule has 0 amide bonds. The van der Waals surface area contributed by atoms with E-state index in [4.69, 9.17) is 4.74 Å². The molecular formula is C13H12N2O3. The Balaban J connectivity index is 2.45. The van der Waals surface area contributed by atoms with Gasteiger partial charge in [-0.2, -0.15) is 0 Å². The summed E-state index contributed by atoms with van der Waals surface area (Å²) in [6.07, 6.45) is 0. The van der Waals surface area contributed by atoms with E-state index in [0.29, 0.717) is 5.82 Å². The maximum Gasteiger partial charge on any atom is 0.357 e. The molecule has 0 atom stereocenters. The predicted octanol–water partition coefficient (Wildman–Crippen LogP) is 1.61. The molecule has 0 radical (unpaired) electrons. The van der Waals surface area contributed by atoms with Gasteiger partial charge in [-0.15, -0.1) is 0 Å². The maximum absolute atomic E-state index is 11.5. The number of carbonyl (C=O) groups is 1. The van der Waals surface area contributed by atoms with Gasteiger partial charge in [0.25, 0.3) is 5.56 Å². The van der Waals surface area contributed by atoms with Crippen LogP contribution in [-0.2, 0) is 4.74 Å². The summed E-state index contributed by atoms with van der Waals surface area (Å²) in [5.74, 6) is -0.244. The van der Waals surface area contributed by atoms with Crippen molar-refractivity contribution in [2.24, 2.45) is 0 Å². The van der Waals surface area contributed by atoms with Crippen molar-refractivity contribution in [3.05, 3.63) is 52.4 Å². The number of nitrogens with one attached hydrogen (secondary N) is 1. The maximum atomic E-state index is 11.5. The highest BCUT2D eigenvalue weighted by molar-refractivity contribution is 5.87. The second kappa shape index (κ2) is 5.27. The predicted molar refractivity (Wildman–Crippen MR) is 66.3 cm³/mol. The molecule has 0 unspecified atom stereocenters. The Hall–Kier alpha value is -2.43. The van der Waals surface area contributed by atoms with Crippen LogP contribution in [0.4, 0.5) is 0 Å². The van der Waals surface area contributed by atoms with E-state index in [1.54, 1.807) is 19.1 Å². The summed E-state index contributed by atoms with van der Waals surface area (Å²) in [4.78, 5) is 29.7. The molecule has 18 heavy (non-hydrogen) atoms. The molecule has 0 spiro atoms. The SMILES string of the molecule is CCOC(=O)c1cc(=O)[nH]c(-c2ccccc2)n1. The van der Waals surface area contributed by atoms with E-state index >= 15 is 0 Å². The number of aromatic nitrogens is 2. The van der Waals surface area contributed by atoms with E-state index < -0.39 is 5.97 Å². The molecule has 1 N–H and O–H groups in total. The number of rotatable bonds is 3. The Morgan fingerprint density at radius 2 is 2.06 bits per heavy atom. The molecule has 2 rings (SSSR count). The molecule has 1 aromatic heterocycles. The molecule has 0 saturated heterocycles. The quantitative estimate of drug-likeness (QED) is 0.832. The minimum Gasteiger partial charge on any atom is -0.461 e. The van der Waals surface area contributed by atoms with Gasteiger partial charge < -0.3 is 9.72 Å². The Morgan fingerprint density at radius 1 is 1.33 bits per heavy atom. The number of benzene rings is 1. The smallest absolute Gasteiger partial charge is 0.357 e. The zero-order valence-corrected chi connectivity index (χ0v) is 9.84. The molecule has 5 heteroatoms. The monoisotopic (exact) mass is 244 g/mol. The molecule has 0 aliphatic carbocycles. The van der Waals surface area contributed by atoms with Gasteiger partial charge >= 0.3 is 5.97 Å². The molecule has 2 aromatic rings. The lowest BCUT2D eigenvalue weighted by Gasteiger charge is -2.03. The second-order valence-corrected chi connectivity index (χ2v) is 3.57. The van der Waals surface area contributed by atoms with Gasteiger partial charge in [0.1, 0.15) is 5.82 Å². The van der Waals surface area contributed by atoms with E-state index in [1.807, 2.05) is 18.2 Å². The number of esters is 1. The Kier molecular flexibility index (Phi) is 3.52. The molecule has 92 valence electrons. The first-order chi connectivity index (χ1) is 8.70. The fourth-order valence-electron chi connectivity index (χ4n) is 1.50. The van der Waals surface area contributed by atoms with Crippen LogP contribution in [-0.4, -0.2) is 22.5 Å². The number of nitrogens with zero attached hydrogens (tertiary/aromatic N) is 1. The average Bonchev–Trinajstić information content (AvgIpc) is 2.39. The van der Waals surface area contributed by atoms with E-state index in [0.717, 1.165) is 11.6 Å². The number of hydrogen-bond donors (Lipinski definition) is 1. The number of ether oxygens (including phenoxy) is 1. The summed E-state index contributed by atoms with van der Waals surface area (Å²) in [5.41, 5.74) is 0.368. The van der Waals surface area contributed by atoms with Crippen LogP contribution in [0.2, 0.25) is 0 Å². The van der Waals surface area contributed by atoms with Crippen LogP contribution < -0.4 is 5.56 Å². The highest BCUT2D eigenvalue weighted by atomic mass is 16.5. The third-order valence-corrected chi connectivity index (χ3v) is 2.27. The number of H-pyrrole nitrogens is 1. The van der Waals surface area contributed by atoms with Crippen molar-refractivity contribution < 1.29 is 9.53 Å². The average molecular weight is 244 g/mol. The third-order valence-electron chi connectivity index (χ3n) is 2.27. The third kappa shape index (κ3) is 2.63. The summed E-state index contributed by atoms with van der Waals surface area (Å²) in [6, 6.07) is 10.2. The van der Waals surface area contributed by atoms with Gasteiger partial charge in [-0.05, 0) is 6.92 Å². The van der Waals surface area contributed by atoms with E-state index in [9.17, 15) is 9.59 Å². The molecule has 0 aliphatic rings. The number of aromatic amines is 1. The first-order valence-corrected chi connectivity index (χ1v) is 5.54. The minimum absolute atomic E-state index is 0.0134. The molecule has 0 fully saturated rings. The summed E-state index contributed by atoms with van der Waals surface area (Å²) in [5, 5.41) is 0. The van der Waals surface area contributed by atoms with Crippen molar-refractivity contribution in [1.82, 2.24) is 9.97 Å². The Labute approximate surface area is 103 Å². The normalized spacial score (nSPS) is 10.1. The molecule has 0 bridgehead atoms. The van der Waals surface area contributed by atoms with Crippen LogP contribution in [0.15, 0.2) is 41.2 Å². The molecule has 0 saturated carbocycles. The molecule has 1 aromatic carbocycles. The number of hydrogen-bond acceptors (Lipinski definition) is 4. The van der Waals surface area contributed by atoms with Crippen LogP contribution in [0.1, 0.15) is 17.4 Å². The van der Waals surface area contributed by atoms with Crippen molar-refractivity contribution in [3.8, 4) is 11.4 Å². The lowest BCUT2D eigenvalue weighted by molar-refractivity contribution is 0.0519. The minimum atomic E-state index is -0.596. The van der Waals surface area contributed by atoms with Gasteiger partial charge in [-0.25, -0.2) is 9.78 Å². The first-order valence-electron chi connectivity index (χ1n) is 5.54. The lowest BCUT2D eigenvalue weighted by atomic mass is 10.2. The Bertz CT molecular complexity index is 605. The first kappa shape index (κ1) is 12.0. The molecule has 0 aliphatic heterocycles. The van der Waals surface area contributed by atoms with E-state index in [-0.39, 0.29) is 17.9 Å². The van der Waals surface area contributed by atoms with Gasteiger partial charge in [0.2, 0.25) is 0 Å².